The molecule has 3 heterocycles. The summed E-state index contributed by atoms with van der Waals surface area (Å²) in [6.07, 6.45) is 7.31. The first-order valence-electron chi connectivity index (χ1n) is 15.0. The van der Waals surface area contributed by atoms with Crippen LogP contribution in [-0.4, -0.2) is 53.3 Å². The first-order valence-corrected chi connectivity index (χ1v) is 14.3. The molecule has 7 atom stereocenters. The lowest BCUT2D eigenvalue weighted by molar-refractivity contribution is -0.142. The number of likely N-dealkylation sites (tertiary alicyclic amines) is 1. The number of benzene rings is 1. The number of carbonyl (C=O) groups is 2. The molecular weight excluding hydrogens is 456 g/mol. The summed E-state index contributed by atoms with van der Waals surface area (Å²) in [5.41, 5.74) is 0. The van der Waals surface area contributed by atoms with E-state index in [2.05, 4.69) is 17.0 Å². The minimum atomic E-state index is -1.59. The van der Waals surface area contributed by atoms with Crippen LogP contribution in [0.5, 0.6) is 0 Å². The molecule has 0 radical (unpaired) electrons. The van der Waals surface area contributed by atoms with Crippen LogP contribution >= 0.6 is 11.5 Å². The molecule has 3 saturated carbocycles. The molecule has 3 aliphatic carbocycles. The topological polar surface area (TPSA) is 65.5 Å². The van der Waals surface area contributed by atoms with Gasteiger partial charge >= 0.3 is 0 Å². The highest BCUT2D eigenvalue weighted by atomic mass is 32.1. The van der Waals surface area contributed by atoms with Crippen molar-refractivity contribution in [1.29, 1.82) is 0 Å². The Kier molecular flexibility index (Phi) is 4.84. The van der Waals surface area contributed by atoms with Crippen LogP contribution in [0.3, 0.4) is 0 Å². The normalized spacial score (nSPS) is 43.0. The monoisotopic (exact) mass is 495 g/mol. The lowest BCUT2D eigenvalue weighted by Crippen LogP contribution is -2.52. The van der Waals surface area contributed by atoms with E-state index in [0.29, 0.717) is 25.4 Å². The Morgan fingerprint density at radius 1 is 1.06 bits per heavy atom. The van der Waals surface area contributed by atoms with Crippen LogP contribution in [0.1, 0.15) is 54.1 Å². The molecule has 2 aliphatic heterocycles. The number of hydrogen-bond acceptors (Lipinski definition) is 6. The molecule has 1 aromatic carbocycles. The van der Waals surface area contributed by atoms with Gasteiger partial charge in [-0.25, -0.2) is 0 Å². The van der Waals surface area contributed by atoms with Crippen molar-refractivity contribution in [3.05, 3.63) is 24.3 Å². The van der Waals surface area contributed by atoms with Crippen LogP contribution in [0, 0.1) is 35.5 Å². The zero-order valence-electron chi connectivity index (χ0n) is 23.2. The van der Waals surface area contributed by atoms with E-state index in [1.165, 1.54) is 26.5 Å². The van der Waals surface area contributed by atoms with Crippen molar-refractivity contribution in [2.45, 2.75) is 57.4 Å². The van der Waals surface area contributed by atoms with Gasteiger partial charge in [0.15, 0.2) is 0 Å². The van der Waals surface area contributed by atoms with Gasteiger partial charge in [-0.05, 0) is 79.4 Å². The van der Waals surface area contributed by atoms with Crippen molar-refractivity contribution >= 4 is 39.3 Å². The third-order valence-electron chi connectivity index (χ3n) is 9.40. The summed E-state index contributed by atoms with van der Waals surface area (Å²) in [5.74, 6) is -2.80. The Balaban J connectivity index is 1.08. The van der Waals surface area contributed by atoms with Crippen LogP contribution in [0.4, 0.5) is 5.82 Å². The van der Waals surface area contributed by atoms with Gasteiger partial charge in [0.1, 0.15) is 7.23 Å². The van der Waals surface area contributed by atoms with E-state index in [0.717, 1.165) is 63.9 Å². The van der Waals surface area contributed by atoms with E-state index in [-0.39, 0.29) is 23.8 Å². The molecule has 2 bridgehead atoms. The molecular formula is C28H36N4O2S. The number of hydrogen-bond donors (Lipinski definition) is 1. The molecule has 5 aliphatic rings. The number of imide groups is 1. The number of anilines is 1. The largest absolute Gasteiger partial charge is 0.352 e. The predicted octanol–water partition coefficient (Wildman–Crippen LogP) is 4.30. The third kappa shape index (κ3) is 3.72. The Morgan fingerprint density at radius 3 is 2.60 bits per heavy atom. The minimum absolute atomic E-state index is 0.0556. The van der Waals surface area contributed by atoms with Gasteiger partial charge in [-0.1, -0.05) is 31.4 Å². The molecule has 0 spiro atoms. The van der Waals surface area contributed by atoms with Gasteiger partial charge in [0, 0.05) is 40.3 Å². The lowest BCUT2D eigenvalue weighted by atomic mass is 9.75. The summed E-state index contributed by atoms with van der Waals surface area (Å²) in [4.78, 5) is 30.8. The summed E-state index contributed by atoms with van der Waals surface area (Å²) in [7, 11) is 0. The predicted molar refractivity (Wildman–Crippen MR) is 138 cm³/mol. The maximum absolute atomic E-state index is 13.6. The van der Waals surface area contributed by atoms with Gasteiger partial charge in [-0.15, -0.1) is 0 Å². The van der Waals surface area contributed by atoms with Crippen LogP contribution in [0.2, 0.25) is 1.41 Å². The SMILES string of the molecule is [2H]N1CCN(c2nsc3ccccc23)CC1CC1CCCCC1CN1C(=O)[C@@]2([2H])C3CC[C@@H](C3)[C@@]2([2H])C1=O. The number of rotatable bonds is 5. The second-order valence-electron chi connectivity index (χ2n) is 11.3. The maximum Gasteiger partial charge on any atom is 0.233 e. The van der Waals surface area contributed by atoms with Gasteiger partial charge in [-0.2, -0.15) is 4.37 Å². The Hall–Kier alpha value is -1.99. The summed E-state index contributed by atoms with van der Waals surface area (Å²) >= 11 is 1.52. The van der Waals surface area contributed by atoms with Crippen LogP contribution in [0.25, 0.3) is 10.1 Å². The summed E-state index contributed by atoms with van der Waals surface area (Å²) in [5, 5.41) is 2.90. The number of piperazine rings is 1. The molecule has 2 aromatic rings. The molecule has 2 amide bonds. The summed E-state index contributed by atoms with van der Waals surface area (Å²) in [6.45, 7) is 2.52. The number of fused-ring (bicyclic) bond motifs is 6. The van der Waals surface area contributed by atoms with Crippen LogP contribution in [-0.2, 0) is 9.59 Å². The molecule has 1 aromatic heterocycles. The molecule has 6 nitrogen and oxygen atoms in total. The number of carbonyl (C=O) groups excluding carboxylic acids is 2. The Labute approximate surface area is 215 Å². The highest BCUT2D eigenvalue weighted by Gasteiger charge is 2.61. The van der Waals surface area contributed by atoms with Crippen molar-refractivity contribution in [2.24, 2.45) is 35.5 Å². The minimum Gasteiger partial charge on any atom is -0.352 e. The molecule has 35 heavy (non-hydrogen) atoms. The van der Waals surface area contributed by atoms with Gasteiger partial charge in [0.05, 0.1) is 16.5 Å². The van der Waals surface area contributed by atoms with E-state index in [4.69, 9.17) is 8.53 Å². The average Bonchev–Trinajstić information content (AvgIpc) is 3.67. The quantitative estimate of drug-likeness (QED) is 0.627. The molecule has 2 saturated heterocycles. The van der Waals surface area contributed by atoms with Crippen molar-refractivity contribution in [2.75, 3.05) is 31.1 Å². The van der Waals surface area contributed by atoms with Gasteiger partial charge in [0.25, 0.3) is 0 Å². The average molecular weight is 496 g/mol. The fourth-order valence-electron chi connectivity index (χ4n) is 7.70. The second-order valence-corrected chi connectivity index (χ2v) is 12.1. The standard InChI is InChI=1S/C28H36N4O2S/c33-27-24-18-9-10-19(13-18)25(24)28(34)32(27)15-20-6-2-1-5-17(20)14-21-16-31(12-11-29-21)26-22-7-3-4-8-23(22)35-30-26/h3-4,7-8,17-21,24-25,29H,1-2,5-6,9-16H2/t17?,18-,19?,20?,21?,24+,25-/m0/s1/i24D,25D/hD. The van der Waals surface area contributed by atoms with Crippen molar-refractivity contribution in [1.82, 2.24) is 14.6 Å². The molecule has 7 heteroatoms. The van der Waals surface area contributed by atoms with E-state index in [1.54, 1.807) is 5.31 Å². The first kappa shape index (κ1) is 19.2. The van der Waals surface area contributed by atoms with Crippen molar-refractivity contribution in [3.63, 3.8) is 0 Å². The van der Waals surface area contributed by atoms with E-state index in [1.807, 2.05) is 12.1 Å². The number of nitrogens with one attached hydrogen (secondary N) is 1. The van der Waals surface area contributed by atoms with Gasteiger partial charge < -0.3 is 10.2 Å². The van der Waals surface area contributed by atoms with Crippen LogP contribution in [0.15, 0.2) is 24.3 Å². The zero-order chi connectivity index (χ0) is 26.2. The Bertz CT molecular complexity index is 1240. The Morgan fingerprint density at radius 2 is 1.80 bits per heavy atom. The number of nitrogens with zero attached hydrogens (tertiary/aromatic N) is 3. The van der Waals surface area contributed by atoms with Gasteiger partial charge in [-0.3, -0.25) is 14.5 Å². The van der Waals surface area contributed by atoms with E-state index in [9.17, 15) is 9.59 Å². The van der Waals surface area contributed by atoms with E-state index >= 15 is 0 Å². The third-order valence-corrected chi connectivity index (χ3v) is 10.2. The fraction of sp³-hybridized carbons (Fsp3) is 0.679. The summed E-state index contributed by atoms with van der Waals surface area (Å²) in [6, 6.07) is 8.37. The lowest BCUT2D eigenvalue weighted by Gasteiger charge is -2.39. The molecule has 4 unspecified atom stereocenters. The van der Waals surface area contributed by atoms with Gasteiger partial charge in [0.2, 0.25) is 11.8 Å². The summed E-state index contributed by atoms with van der Waals surface area (Å²) < 4.78 is 32.7. The molecule has 5 fully saturated rings. The zero-order valence-corrected chi connectivity index (χ0v) is 21.0. The number of amides is 2. The highest BCUT2D eigenvalue weighted by Crippen LogP contribution is 2.56. The van der Waals surface area contributed by atoms with Crippen molar-refractivity contribution in [3.8, 4) is 0 Å². The first-order chi connectivity index (χ1) is 18.3. The molecule has 186 valence electrons. The smallest absolute Gasteiger partial charge is 0.233 e. The van der Waals surface area contributed by atoms with E-state index < -0.39 is 23.6 Å². The van der Waals surface area contributed by atoms with Crippen molar-refractivity contribution < 1.29 is 13.7 Å². The fourth-order valence-corrected chi connectivity index (χ4v) is 8.50. The number of aromatic nitrogens is 1. The highest BCUT2D eigenvalue weighted by molar-refractivity contribution is 7.13. The molecule has 7 rings (SSSR count). The van der Waals surface area contributed by atoms with Crippen LogP contribution < -0.4 is 10.2 Å². The maximum atomic E-state index is 13.6. The second kappa shape index (κ2) is 8.84. The molecule has 1 N–H and O–H groups in total.